The minimum absolute atomic E-state index is 0.0759. The number of carbonyl (C=O) groups is 3. The number of hydrogen-bond donors (Lipinski definition) is 0. The molecule has 0 aromatic carbocycles. The van der Waals surface area contributed by atoms with Crippen LogP contribution in [0.15, 0.2) is 72.9 Å². The lowest BCUT2D eigenvalue weighted by molar-refractivity contribution is -0.167. The van der Waals surface area contributed by atoms with Crippen LogP contribution >= 0.6 is 0 Å². The lowest BCUT2D eigenvalue weighted by Gasteiger charge is -2.18. The highest BCUT2D eigenvalue weighted by atomic mass is 16.6. The zero-order chi connectivity index (χ0) is 55.0. The van der Waals surface area contributed by atoms with Crippen molar-refractivity contribution >= 4 is 17.9 Å². The van der Waals surface area contributed by atoms with Crippen molar-refractivity contribution in [2.75, 3.05) is 13.2 Å². The number of carbonyl (C=O) groups excluding carboxylic acids is 3. The minimum atomic E-state index is -0.778. The van der Waals surface area contributed by atoms with Crippen molar-refractivity contribution < 1.29 is 28.6 Å². The Bertz CT molecular complexity index is 1400. The van der Waals surface area contributed by atoms with E-state index in [1.54, 1.807) is 0 Å². The van der Waals surface area contributed by atoms with Gasteiger partial charge in [0.2, 0.25) is 0 Å². The van der Waals surface area contributed by atoms with Gasteiger partial charge < -0.3 is 14.2 Å². The number of unbranched alkanes of at least 4 members (excludes halogenated alkanes) is 37. The summed E-state index contributed by atoms with van der Waals surface area (Å²) in [5.41, 5.74) is 0. The van der Waals surface area contributed by atoms with Gasteiger partial charge in [0.05, 0.1) is 0 Å². The molecule has 0 aliphatic carbocycles. The van der Waals surface area contributed by atoms with Crippen molar-refractivity contribution in [3.63, 3.8) is 0 Å². The van der Waals surface area contributed by atoms with E-state index < -0.39 is 6.10 Å². The zero-order valence-corrected chi connectivity index (χ0v) is 50.5. The third-order valence-electron chi connectivity index (χ3n) is 14.4. The fourth-order valence-corrected chi connectivity index (χ4v) is 9.53. The van der Waals surface area contributed by atoms with Gasteiger partial charge in [-0.15, -0.1) is 0 Å². The number of hydrogen-bond acceptors (Lipinski definition) is 6. The third-order valence-corrected chi connectivity index (χ3v) is 14.4. The first-order chi connectivity index (χ1) is 37.5. The van der Waals surface area contributed by atoms with Gasteiger partial charge in [0.1, 0.15) is 13.2 Å². The molecule has 0 bridgehead atoms. The van der Waals surface area contributed by atoms with Gasteiger partial charge >= 0.3 is 17.9 Å². The highest BCUT2D eigenvalue weighted by molar-refractivity contribution is 5.71. The first-order valence-corrected chi connectivity index (χ1v) is 32.9. The zero-order valence-electron chi connectivity index (χ0n) is 50.5. The van der Waals surface area contributed by atoms with Crippen LogP contribution in [0.5, 0.6) is 0 Å². The molecule has 6 nitrogen and oxygen atoms in total. The van der Waals surface area contributed by atoms with Crippen molar-refractivity contribution in [1.29, 1.82) is 0 Å². The molecule has 0 N–H and O–H groups in total. The van der Waals surface area contributed by atoms with Crippen molar-refractivity contribution in [3.05, 3.63) is 72.9 Å². The molecule has 0 saturated heterocycles. The summed E-state index contributed by atoms with van der Waals surface area (Å²) in [5.74, 6) is -0.876. The fourth-order valence-electron chi connectivity index (χ4n) is 9.53. The summed E-state index contributed by atoms with van der Waals surface area (Å²) in [6.45, 7) is 6.51. The molecule has 1 unspecified atom stereocenters. The largest absolute Gasteiger partial charge is 0.462 e. The van der Waals surface area contributed by atoms with Crippen molar-refractivity contribution in [3.8, 4) is 0 Å². The monoisotopic (exact) mass is 1060 g/mol. The van der Waals surface area contributed by atoms with Gasteiger partial charge in [0.25, 0.3) is 0 Å². The molecule has 0 aromatic heterocycles. The van der Waals surface area contributed by atoms with E-state index in [4.69, 9.17) is 14.2 Å². The molecule has 6 heteroatoms. The predicted molar refractivity (Wildman–Crippen MR) is 330 cm³/mol. The Hall–Kier alpha value is -3.15. The van der Waals surface area contributed by atoms with Crippen molar-refractivity contribution in [2.45, 2.75) is 341 Å². The van der Waals surface area contributed by atoms with Crippen LogP contribution in [-0.2, 0) is 28.6 Å². The Kier molecular flexibility index (Phi) is 61.7. The molecule has 0 spiro atoms. The first-order valence-electron chi connectivity index (χ1n) is 32.9. The normalized spacial score (nSPS) is 12.5. The van der Waals surface area contributed by atoms with Gasteiger partial charge in [0.15, 0.2) is 6.10 Å². The Labute approximate surface area is 472 Å². The van der Waals surface area contributed by atoms with Crippen LogP contribution in [0.1, 0.15) is 335 Å². The Balaban J connectivity index is 4.05. The van der Waals surface area contributed by atoms with E-state index in [1.807, 2.05) is 0 Å². The van der Waals surface area contributed by atoms with E-state index in [-0.39, 0.29) is 31.1 Å². The molecule has 0 aliphatic heterocycles. The summed E-state index contributed by atoms with van der Waals surface area (Å²) >= 11 is 0. The molecule has 76 heavy (non-hydrogen) atoms. The molecule has 0 rings (SSSR count). The minimum Gasteiger partial charge on any atom is -0.462 e. The Morgan fingerprint density at radius 1 is 0.276 bits per heavy atom. The molecule has 0 radical (unpaired) electrons. The number of rotatable bonds is 60. The second-order valence-corrected chi connectivity index (χ2v) is 22.0. The van der Waals surface area contributed by atoms with Crippen LogP contribution in [0.25, 0.3) is 0 Å². The maximum absolute atomic E-state index is 12.8. The standard InChI is InChI=1S/C70H124O6/c1-4-7-10-13-16-19-21-23-25-27-28-29-30-31-32-33-34-35-36-37-38-39-40-41-42-43-45-46-48-51-54-57-60-63-69(72)75-66-67(65-74-68(71)62-59-56-53-50-18-15-12-9-6-3)76-70(73)64-61-58-55-52-49-47-44-26-24-22-20-17-14-11-8-5-2/h7,10,16,19-20,22-23,25-26,28-29,44,67H,4-6,8-9,11-15,17-18,21,24,27,30-43,45-66H2,1-3H3/b10-7-,19-16-,22-20-,25-23-,29-28-,44-26-. The molecule has 0 amide bonds. The average Bonchev–Trinajstić information content (AvgIpc) is 3.42. The summed E-state index contributed by atoms with van der Waals surface area (Å²) in [5, 5.41) is 0. The second-order valence-electron chi connectivity index (χ2n) is 22.0. The smallest absolute Gasteiger partial charge is 0.306 e. The van der Waals surface area contributed by atoms with Gasteiger partial charge in [-0.25, -0.2) is 0 Å². The van der Waals surface area contributed by atoms with Gasteiger partial charge in [0, 0.05) is 19.3 Å². The summed E-state index contributed by atoms with van der Waals surface area (Å²) in [4.78, 5) is 38.1. The van der Waals surface area contributed by atoms with Gasteiger partial charge in [-0.3, -0.25) is 14.4 Å². The summed E-state index contributed by atoms with van der Waals surface area (Å²) in [6.07, 6.45) is 83.7. The van der Waals surface area contributed by atoms with Crippen LogP contribution in [0, 0.1) is 0 Å². The van der Waals surface area contributed by atoms with E-state index in [0.29, 0.717) is 19.3 Å². The number of esters is 3. The van der Waals surface area contributed by atoms with Gasteiger partial charge in [-0.2, -0.15) is 0 Å². The van der Waals surface area contributed by atoms with E-state index in [2.05, 4.69) is 93.7 Å². The highest BCUT2D eigenvalue weighted by Gasteiger charge is 2.19. The summed E-state index contributed by atoms with van der Waals surface area (Å²) < 4.78 is 16.9. The van der Waals surface area contributed by atoms with Gasteiger partial charge in [-0.1, -0.05) is 299 Å². The topological polar surface area (TPSA) is 78.9 Å². The number of ether oxygens (including phenoxy) is 3. The quantitative estimate of drug-likeness (QED) is 0.0261. The molecule has 0 heterocycles. The van der Waals surface area contributed by atoms with E-state index >= 15 is 0 Å². The third kappa shape index (κ3) is 61.7. The van der Waals surface area contributed by atoms with E-state index in [0.717, 1.165) is 109 Å². The Morgan fingerprint density at radius 3 is 0.816 bits per heavy atom. The molecule has 440 valence electrons. The van der Waals surface area contributed by atoms with Crippen LogP contribution in [0.4, 0.5) is 0 Å². The van der Waals surface area contributed by atoms with Crippen molar-refractivity contribution in [2.24, 2.45) is 0 Å². The molecule has 0 aliphatic rings. The van der Waals surface area contributed by atoms with Gasteiger partial charge in [-0.05, 0) is 89.9 Å². The Morgan fingerprint density at radius 2 is 0.513 bits per heavy atom. The average molecular weight is 1060 g/mol. The maximum atomic E-state index is 12.8. The van der Waals surface area contributed by atoms with E-state index in [1.165, 1.54) is 186 Å². The van der Waals surface area contributed by atoms with E-state index in [9.17, 15) is 14.4 Å². The van der Waals surface area contributed by atoms with Crippen LogP contribution in [0.3, 0.4) is 0 Å². The predicted octanol–water partition coefficient (Wildman–Crippen LogP) is 22.5. The molecule has 0 saturated carbocycles. The lowest BCUT2D eigenvalue weighted by Crippen LogP contribution is -2.30. The summed E-state index contributed by atoms with van der Waals surface area (Å²) in [7, 11) is 0. The summed E-state index contributed by atoms with van der Waals surface area (Å²) in [6, 6.07) is 0. The van der Waals surface area contributed by atoms with Crippen LogP contribution in [0.2, 0.25) is 0 Å². The first kappa shape index (κ1) is 72.8. The van der Waals surface area contributed by atoms with Crippen LogP contribution < -0.4 is 0 Å². The van der Waals surface area contributed by atoms with Crippen LogP contribution in [-0.4, -0.2) is 37.2 Å². The van der Waals surface area contributed by atoms with Crippen molar-refractivity contribution in [1.82, 2.24) is 0 Å². The second kappa shape index (κ2) is 64.4. The molecule has 0 fully saturated rings. The highest BCUT2D eigenvalue weighted by Crippen LogP contribution is 2.17. The SMILES string of the molecule is CC/C=C\C/C=C\C/C=C\C/C=C\CCCCCCCCCCCCCCCCCCCCCCC(=O)OCC(COC(=O)CCCCCCCCCCC)OC(=O)CCCCCCC/C=C\C/C=C\CCCCCC. The molecular weight excluding hydrogens is 937 g/mol. The lowest BCUT2D eigenvalue weighted by atomic mass is 10.0. The number of allylic oxidation sites excluding steroid dienone is 12. The molecular formula is C70H124O6. The molecule has 0 aromatic rings. The molecule has 1 atom stereocenters. The fraction of sp³-hybridized carbons (Fsp3) is 0.786. The maximum Gasteiger partial charge on any atom is 0.306 e.